The van der Waals surface area contributed by atoms with Crippen LogP contribution in [-0.4, -0.2) is 25.0 Å². The van der Waals surface area contributed by atoms with Crippen LogP contribution in [0.2, 0.25) is 0 Å². The molecule has 2 N–H and O–H groups in total. The van der Waals surface area contributed by atoms with Gasteiger partial charge in [-0.05, 0) is 24.8 Å². The minimum Gasteiger partial charge on any atom is -0.355 e. The molecule has 0 saturated heterocycles. The zero-order chi connectivity index (χ0) is 14.4. The van der Waals surface area contributed by atoms with Gasteiger partial charge in [0, 0.05) is 12.6 Å². The van der Waals surface area contributed by atoms with Crippen LogP contribution in [0.15, 0.2) is 30.3 Å². The summed E-state index contributed by atoms with van der Waals surface area (Å²) in [6.45, 7) is 3.08. The molecule has 20 heavy (non-hydrogen) atoms. The number of nitriles is 1. The molecule has 4 nitrogen and oxygen atoms in total. The van der Waals surface area contributed by atoms with Gasteiger partial charge in [-0.1, -0.05) is 37.3 Å². The summed E-state index contributed by atoms with van der Waals surface area (Å²) in [6.07, 6.45) is 2.49. The fourth-order valence-corrected chi connectivity index (χ4v) is 2.64. The summed E-state index contributed by atoms with van der Waals surface area (Å²) in [7, 11) is 0. The zero-order valence-corrected chi connectivity index (χ0v) is 11.9. The van der Waals surface area contributed by atoms with Crippen molar-refractivity contribution in [3.05, 3.63) is 35.9 Å². The molecule has 2 rings (SSSR count). The maximum atomic E-state index is 11.5. The summed E-state index contributed by atoms with van der Waals surface area (Å²) in [4.78, 5) is 11.5. The Morgan fingerprint density at radius 1 is 1.40 bits per heavy atom. The van der Waals surface area contributed by atoms with Crippen molar-refractivity contribution in [3.63, 3.8) is 0 Å². The highest BCUT2D eigenvalue weighted by Gasteiger charge is 2.45. The second kappa shape index (κ2) is 6.53. The SMILES string of the molecule is CCCNC(=O)CNC1CC(C#N)(c2ccccc2)C1. The lowest BCUT2D eigenvalue weighted by Crippen LogP contribution is -2.52. The van der Waals surface area contributed by atoms with Gasteiger partial charge in [0.25, 0.3) is 0 Å². The van der Waals surface area contributed by atoms with Crippen molar-refractivity contribution in [2.75, 3.05) is 13.1 Å². The number of carbonyl (C=O) groups is 1. The average molecular weight is 271 g/mol. The van der Waals surface area contributed by atoms with Crippen LogP contribution in [0.25, 0.3) is 0 Å². The van der Waals surface area contributed by atoms with E-state index in [0.29, 0.717) is 6.54 Å². The van der Waals surface area contributed by atoms with Gasteiger partial charge in [-0.25, -0.2) is 0 Å². The highest BCUT2D eigenvalue weighted by Crippen LogP contribution is 2.43. The summed E-state index contributed by atoms with van der Waals surface area (Å²) in [6, 6.07) is 12.6. The molecule has 0 spiro atoms. The van der Waals surface area contributed by atoms with E-state index in [0.717, 1.165) is 31.4 Å². The first-order chi connectivity index (χ1) is 9.70. The molecule has 1 aliphatic carbocycles. The fraction of sp³-hybridized carbons (Fsp3) is 0.500. The van der Waals surface area contributed by atoms with E-state index in [4.69, 9.17) is 0 Å². The summed E-state index contributed by atoms with van der Waals surface area (Å²) in [5, 5.41) is 15.5. The highest BCUT2D eigenvalue weighted by atomic mass is 16.1. The van der Waals surface area contributed by atoms with Crippen molar-refractivity contribution in [2.24, 2.45) is 0 Å². The molecule has 0 aliphatic heterocycles. The zero-order valence-electron chi connectivity index (χ0n) is 11.9. The lowest BCUT2D eigenvalue weighted by atomic mass is 9.62. The minimum atomic E-state index is -0.376. The normalized spacial score (nSPS) is 24.5. The molecule has 0 aromatic heterocycles. The Balaban J connectivity index is 1.81. The average Bonchev–Trinajstić information content (AvgIpc) is 2.45. The van der Waals surface area contributed by atoms with E-state index in [2.05, 4.69) is 16.7 Å². The van der Waals surface area contributed by atoms with Gasteiger partial charge in [0.15, 0.2) is 0 Å². The van der Waals surface area contributed by atoms with E-state index >= 15 is 0 Å². The fourth-order valence-electron chi connectivity index (χ4n) is 2.64. The molecule has 4 heteroatoms. The molecule has 0 unspecified atom stereocenters. The van der Waals surface area contributed by atoms with Crippen molar-refractivity contribution >= 4 is 5.91 Å². The lowest BCUT2D eigenvalue weighted by Gasteiger charge is -2.43. The summed E-state index contributed by atoms with van der Waals surface area (Å²) >= 11 is 0. The van der Waals surface area contributed by atoms with E-state index in [1.807, 2.05) is 37.3 Å². The van der Waals surface area contributed by atoms with Crippen molar-refractivity contribution in [3.8, 4) is 6.07 Å². The minimum absolute atomic E-state index is 0.0287. The van der Waals surface area contributed by atoms with Crippen LogP contribution in [0.1, 0.15) is 31.7 Å². The summed E-state index contributed by atoms with van der Waals surface area (Å²) < 4.78 is 0. The molecular formula is C16H21N3O. The van der Waals surface area contributed by atoms with Crippen LogP contribution in [0.5, 0.6) is 0 Å². The number of hydrogen-bond acceptors (Lipinski definition) is 3. The van der Waals surface area contributed by atoms with Crippen LogP contribution in [-0.2, 0) is 10.2 Å². The number of rotatable bonds is 6. The molecule has 0 bridgehead atoms. The van der Waals surface area contributed by atoms with E-state index in [-0.39, 0.29) is 17.4 Å². The van der Waals surface area contributed by atoms with E-state index in [9.17, 15) is 10.1 Å². The van der Waals surface area contributed by atoms with Crippen LogP contribution < -0.4 is 10.6 Å². The smallest absolute Gasteiger partial charge is 0.233 e. The third kappa shape index (κ3) is 3.17. The topological polar surface area (TPSA) is 64.9 Å². The molecule has 0 heterocycles. The Labute approximate surface area is 120 Å². The van der Waals surface area contributed by atoms with Crippen molar-refractivity contribution in [2.45, 2.75) is 37.6 Å². The second-order valence-electron chi connectivity index (χ2n) is 5.40. The molecule has 1 aromatic rings. The van der Waals surface area contributed by atoms with Gasteiger partial charge >= 0.3 is 0 Å². The molecule has 1 amide bonds. The summed E-state index contributed by atoms with van der Waals surface area (Å²) in [5.74, 6) is 0.0287. The van der Waals surface area contributed by atoms with Crippen molar-refractivity contribution in [1.29, 1.82) is 5.26 Å². The number of hydrogen-bond donors (Lipinski definition) is 2. The van der Waals surface area contributed by atoms with Gasteiger partial charge < -0.3 is 10.6 Å². The number of nitrogens with zero attached hydrogens (tertiary/aromatic N) is 1. The van der Waals surface area contributed by atoms with Crippen LogP contribution in [0.4, 0.5) is 0 Å². The van der Waals surface area contributed by atoms with Crippen LogP contribution >= 0.6 is 0 Å². The standard InChI is InChI=1S/C16H21N3O/c1-2-8-18-15(20)11-19-14-9-16(10-14,12-17)13-6-4-3-5-7-13/h3-7,14,19H,2,8-11H2,1H3,(H,18,20). The Hall–Kier alpha value is -1.86. The van der Waals surface area contributed by atoms with Gasteiger partial charge in [-0.15, -0.1) is 0 Å². The van der Waals surface area contributed by atoms with Gasteiger partial charge in [0.2, 0.25) is 5.91 Å². The van der Waals surface area contributed by atoms with Gasteiger partial charge in [0.1, 0.15) is 0 Å². The predicted octanol–water partition coefficient (Wildman–Crippen LogP) is 1.73. The molecule has 106 valence electrons. The third-order valence-electron chi connectivity index (χ3n) is 3.85. The maximum Gasteiger partial charge on any atom is 0.233 e. The molecule has 1 saturated carbocycles. The Bertz CT molecular complexity index is 486. The van der Waals surface area contributed by atoms with Gasteiger partial charge in [-0.3, -0.25) is 4.79 Å². The lowest BCUT2D eigenvalue weighted by molar-refractivity contribution is -0.120. The Kier molecular flexibility index (Phi) is 4.75. The largest absolute Gasteiger partial charge is 0.355 e. The quantitative estimate of drug-likeness (QED) is 0.828. The molecule has 1 aromatic carbocycles. The summed E-state index contributed by atoms with van der Waals surface area (Å²) in [5.41, 5.74) is 0.703. The van der Waals surface area contributed by atoms with Gasteiger partial charge in [-0.2, -0.15) is 5.26 Å². The van der Waals surface area contributed by atoms with Crippen molar-refractivity contribution in [1.82, 2.24) is 10.6 Å². The number of carbonyl (C=O) groups excluding carboxylic acids is 1. The van der Waals surface area contributed by atoms with E-state index < -0.39 is 0 Å². The molecule has 1 aliphatic rings. The van der Waals surface area contributed by atoms with E-state index in [1.54, 1.807) is 0 Å². The molecular weight excluding hydrogens is 250 g/mol. The Morgan fingerprint density at radius 3 is 2.70 bits per heavy atom. The van der Waals surface area contributed by atoms with Gasteiger partial charge in [0.05, 0.1) is 18.0 Å². The predicted molar refractivity (Wildman–Crippen MR) is 78.1 cm³/mol. The first-order valence-electron chi connectivity index (χ1n) is 7.17. The second-order valence-corrected chi connectivity index (χ2v) is 5.40. The molecule has 0 radical (unpaired) electrons. The van der Waals surface area contributed by atoms with Crippen LogP contribution in [0.3, 0.4) is 0 Å². The number of amides is 1. The molecule has 1 fully saturated rings. The highest BCUT2D eigenvalue weighted by molar-refractivity contribution is 5.78. The van der Waals surface area contributed by atoms with Crippen LogP contribution in [0, 0.1) is 11.3 Å². The number of nitrogens with one attached hydrogen (secondary N) is 2. The first-order valence-corrected chi connectivity index (χ1v) is 7.17. The number of benzene rings is 1. The van der Waals surface area contributed by atoms with Crippen molar-refractivity contribution < 1.29 is 4.79 Å². The van der Waals surface area contributed by atoms with E-state index in [1.165, 1.54) is 0 Å². The first kappa shape index (κ1) is 14.5. The Morgan fingerprint density at radius 2 is 2.10 bits per heavy atom. The maximum absolute atomic E-state index is 11.5. The monoisotopic (exact) mass is 271 g/mol. The molecule has 0 atom stereocenters. The third-order valence-corrected chi connectivity index (χ3v) is 3.85.